The first-order valence-electron chi connectivity index (χ1n) is 6.33. The van der Waals surface area contributed by atoms with Crippen LogP contribution in [0.2, 0.25) is 0 Å². The number of hydrogen-bond donors (Lipinski definition) is 1. The van der Waals surface area contributed by atoms with Crippen molar-refractivity contribution in [1.29, 1.82) is 0 Å². The molecule has 0 fully saturated rings. The zero-order valence-electron chi connectivity index (χ0n) is 11.1. The summed E-state index contributed by atoms with van der Waals surface area (Å²) in [6, 6.07) is 10.2. The molecule has 0 atom stereocenters. The number of thiazole rings is 1. The summed E-state index contributed by atoms with van der Waals surface area (Å²) in [6.45, 7) is 2.58. The maximum absolute atomic E-state index is 4.38. The van der Waals surface area contributed by atoms with E-state index >= 15 is 0 Å². The van der Waals surface area contributed by atoms with Gasteiger partial charge in [-0.15, -0.1) is 11.3 Å². The number of aromatic nitrogens is 3. The van der Waals surface area contributed by atoms with E-state index < -0.39 is 0 Å². The number of rotatable bonds is 4. The van der Waals surface area contributed by atoms with E-state index in [4.69, 9.17) is 0 Å². The van der Waals surface area contributed by atoms with Gasteiger partial charge in [0.25, 0.3) is 0 Å². The molecule has 0 aliphatic carbocycles. The highest BCUT2D eigenvalue weighted by molar-refractivity contribution is 7.13. The smallest absolute Gasteiger partial charge is 0.125 e. The Morgan fingerprint density at radius 3 is 2.90 bits per heavy atom. The van der Waals surface area contributed by atoms with Crippen molar-refractivity contribution in [3.63, 3.8) is 0 Å². The monoisotopic (exact) mass is 282 g/mol. The van der Waals surface area contributed by atoms with E-state index in [1.807, 2.05) is 36.7 Å². The van der Waals surface area contributed by atoms with Crippen molar-refractivity contribution in [1.82, 2.24) is 15.0 Å². The molecule has 3 aromatic rings. The Balaban J connectivity index is 1.73. The van der Waals surface area contributed by atoms with Gasteiger partial charge in [0.05, 0.1) is 12.2 Å². The molecule has 4 nitrogen and oxygen atoms in total. The molecule has 0 aliphatic heterocycles. The third-order valence-corrected chi connectivity index (χ3v) is 3.67. The largest absolute Gasteiger partial charge is 0.379 e. The second-order valence-corrected chi connectivity index (χ2v) is 5.26. The summed E-state index contributed by atoms with van der Waals surface area (Å²) in [6.07, 6.45) is 3.61. The highest BCUT2D eigenvalue weighted by Gasteiger charge is 2.02. The van der Waals surface area contributed by atoms with Crippen LogP contribution >= 0.6 is 11.3 Å². The summed E-state index contributed by atoms with van der Waals surface area (Å²) < 4.78 is 0. The predicted molar refractivity (Wildman–Crippen MR) is 81.6 cm³/mol. The molecule has 2 aromatic heterocycles. The summed E-state index contributed by atoms with van der Waals surface area (Å²) in [4.78, 5) is 12.8. The van der Waals surface area contributed by atoms with Crippen molar-refractivity contribution in [2.45, 2.75) is 13.5 Å². The van der Waals surface area contributed by atoms with Crippen LogP contribution in [0.15, 0.2) is 48.1 Å². The molecule has 5 heteroatoms. The van der Waals surface area contributed by atoms with Crippen LogP contribution in [0.5, 0.6) is 0 Å². The second-order valence-electron chi connectivity index (χ2n) is 4.37. The fraction of sp³-hybridized carbons (Fsp3) is 0.133. The van der Waals surface area contributed by atoms with Gasteiger partial charge >= 0.3 is 0 Å². The Kier molecular flexibility index (Phi) is 3.69. The van der Waals surface area contributed by atoms with Gasteiger partial charge in [0, 0.05) is 29.0 Å². The Hall–Kier alpha value is -2.27. The maximum atomic E-state index is 4.38. The first kappa shape index (κ1) is 12.7. The molecule has 0 amide bonds. The van der Waals surface area contributed by atoms with Gasteiger partial charge in [-0.3, -0.25) is 0 Å². The minimum Gasteiger partial charge on any atom is -0.379 e. The van der Waals surface area contributed by atoms with Crippen LogP contribution in [0, 0.1) is 6.92 Å². The van der Waals surface area contributed by atoms with Crippen LogP contribution in [0.4, 0.5) is 5.69 Å². The standard InChI is InChI=1S/C15H14N4S/c1-11-16-6-5-14(19-11)10-18-13-4-2-3-12(9-13)15-17-7-8-20-15/h2-9,18H,10H2,1H3. The number of anilines is 1. The van der Waals surface area contributed by atoms with Crippen molar-refractivity contribution in [3.05, 3.63) is 59.6 Å². The summed E-state index contributed by atoms with van der Waals surface area (Å²) in [5.41, 5.74) is 3.18. The molecule has 0 bridgehead atoms. The fourth-order valence-electron chi connectivity index (χ4n) is 1.92. The van der Waals surface area contributed by atoms with Gasteiger partial charge in [-0.25, -0.2) is 15.0 Å². The summed E-state index contributed by atoms with van der Waals surface area (Å²) in [7, 11) is 0. The van der Waals surface area contributed by atoms with Crippen LogP contribution in [-0.4, -0.2) is 15.0 Å². The summed E-state index contributed by atoms with van der Waals surface area (Å²) in [5, 5.41) is 6.40. The Morgan fingerprint density at radius 2 is 2.10 bits per heavy atom. The van der Waals surface area contributed by atoms with Gasteiger partial charge in [-0.05, 0) is 25.1 Å². The molecule has 1 N–H and O–H groups in total. The van der Waals surface area contributed by atoms with Crippen LogP contribution in [0.1, 0.15) is 11.5 Å². The zero-order chi connectivity index (χ0) is 13.8. The average Bonchev–Trinajstić information content (AvgIpc) is 3.00. The molecule has 1 aromatic carbocycles. The molecular formula is C15H14N4S. The normalized spacial score (nSPS) is 10.4. The number of aryl methyl sites for hydroxylation is 1. The molecule has 3 rings (SSSR count). The summed E-state index contributed by atoms with van der Waals surface area (Å²) in [5.74, 6) is 0.792. The lowest BCUT2D eigenvalue weighted by Crippen LogP contribution is -2.03. The van der Waals surface area contributed by atoms with Crippen molar-refractivity contribution in [2.75, 3.05) is 5.32 Å². The lowest BCUT2D eigenvalue weighted by Gasteiger charge is -2.07. The van der Waals surface area contributed by atoms with E-state index in [1.54, 1.807) is 17.5 Å². The Morgan fingerprint density at radius 1 is 1.15 bits per heavy atom. The molecule has 0 saturated heterocycles. The van der Waals surface area contributed by atoms with E-state index in [9.17, 15) is 0 Å². The molecule has 20 heavy (non-hydrogen) atoms. The lowest BCUT2D eigenvalue weighted by molar-refractivity contribution is 0.955. The van der Waals surface area contributed by atoms with Gasteiger partial charge in [-0.1, -0.05) is 12.1 Å². The topological polar surface area (TPSA) is 50.7 Å². The van der Waals surface area contributed by atoms with Gasteiger partial charge in [0.15, 0.2) is 0 Å². The highest BCUT2D eigenvalue weighted by Crippen LogP contribution is 2.24. The number of hydrogen-bond acceptors (Lipinski definition) is 5. The molecule has 0 spiro atoms. The van der Waals surface area contributed by atoms with Gasteiger partial charge < -0.3 is 5.32 Å². The van der Waals surface area contributed by atoms with Crippen LogP contribution < -0.4 is 5.32 Å². The molecule has 2 heterocycles. The van der Waals surface area contributed by atoms with E-state index in [1.165, 1.54) is 0 Å². The quantitative estimate of drug-likeness (QED) is 0.795. The number of nitrogens with one attached hydrogen (secondary N) is 1. The molecule has 0 aliphatic rings. The van der Waals surface area contributed by atoms with Crippen LogP contribution in [0.25, 0.3) is 10.6 Å². The van der Waals surface area contributed by atoms with E-state index in [0.29, 0.717) is 6.54 Å². The van der Waals surface area contributed by atoms with Crippen molar-refractivity contribution in [3.8, 4) is 10.6 Å². The van der Waals surface area contributed by atoms with Crippen molar-refractivity contribution in [2.24, 2.45) is 0 Å². The SMILES string of the molecule is Cc1nccc(CNc2cccc(-c3nccs3)c2)n1. The van der Waals surface area contributed by atoms with Crippen LogP contribution in [0.3, 0.4) is 0 Å². The minimum absolute atomic E-state index is 0.685. The third-order valence-electron chi connectivity index (χ3n) is 2.85. The van der Waals surface area contributed by atoms with E-state index in [0.717, 1.165) is 27.8 Å². The first-order valence-corrected chi connectivity index (χ1v) is 7.21. The van der Waals surface area contributed by atoms with Gasteiger partial charge in [-0.2, -0.15) is 0 Å². The molecule has 100 valence electrons. The number of benzene rings is 1. The maximum Gasteiger partial charge on any atom is 0.125 e. The molecule has 0 saturated carbocycles. The first-order chi connectivity index (χ1) is 9.81. The zero-order valence-corrected chi connectivity index (χ0v) is 11.9. The van der Waals surface area contributed by atoms with Gasteiger partial charge in [0.2, 0.25) is 0 Å². The van der Waals surface area contributed by atoms with E-state index in [2.05, 4.69) is 32.4 Å². The Bertz CT molecular complexity index is 695. The predicted octanol–water partition coefficient (Wildman–Crippen LogP) is 3.52. The molecule has 0 unspecified atom stereocenters. The highest BCUT2D eigenvalue weighted by atomic mass is 32.1. The fourth-order valence-corrected chi connectivity index (χ4v) is 2.56. The average molecular weight is 282 g/mol. The molecule has 0 radical (unpaired) electrons. The van der Waals surface area contributed by atoms with Crippen molar-refractivity contribution >= 4 is 17.0 Å². The third kappa shape index (κ3) is 3.00. The lowest BCUT2D eigenvalue weighted by atomic mass is 10.2. The number of nitrogens with zero attached hydrogens (tertiary/aromatic N) is 3. The second kappa shape index (κ2) is 5.79. The molecular weight excluding hydrogens is 268 g/mol. The van der Waals surface area contributed by atoms with Crippen molar-refractivity contribution < 1.29 is 0 Å². The Labute approximate surface area is 121 Å². The minimum atomic E-state index is 0.685. The van der Waals surface area contributed by atoms with Gasteiger partial charge in [0.1, 0.15) is 10.8 Å². The van der Waals surface area contributed by atoms with E-state index in [-0.39, 0.29) is 0 Å². The van der Waals surface area contributed by atoms with Crippen LogP contribution in [-0.2, 0) is 6.54 Å². The summed E-state index contributed by atoms with van der Waals surface area (Å²) >= 11 is 1.64.